The summed E-state index contributed by atoms with van der Waals surface area (Å²) in [4.78, 5) is 11.6. The van der Waals surface area contributed by atoms with Gasteiger partial charge in [-0.3, -0.25) is 4.79 Å². The van der Waals surface area contributed by atoms with Crippen LogP contribution >= 0.6 is 12.4 Å². The Balaban J connectivity index is 0.00000289. The molecule has 0 heterocycles. The summed E-state index contributed by atoms with van der Waals surface area (Å²) in [5, 5.41) is 5.95. The van der Waals surface area contributed by atoms with Gasteiger partial charge in [0.05, 0.1) is 0 Å². The van der Waals surface area contributed by atoms with Gasteiger partial charge in [0, 0.05) is 19.0 Å². The van der Waals surface area contributed by atoms with E-state index in [-0.39, 0.29) is 24.2 Å². The van der Waals surface area contributed by atoms with Crippen LogP contribution in [-0.4, -0.2) is 26.0 Å². The van der Waals surface area contributed by atoms with Gasteiger partial charge in [0.2, 0.25) is 5.91 Å². The van der Waals surface area contributed by atoms with Crippen molar-refractivity contribution in [2.24, 2.45) is 5.92 Å². The molecule has 0 bridgehead atoms. The third kappa shape index (κ3) is 6.03. The molecule has 1 rings (SSSR count). The van der Waals surface area contributed by atoms with Gasteiger partial charge in [-0.15, -0.1) is 12.4 Å². The fourth-order valence-corrected chi connectivity index (χ4v) is 1.66. The van der Waals surface area contributed by atoms with Crippen LogP contribution in [0.3, 0.4) is 0 Å². The zero-order valence-corrected chi connectivity index (χ0v) is 12.1. The van der Waals surface area contributed by atoms with E-state index < -0.39 is 0 Å². The first-order chi connectivity index (χ1) is 8.13. The predicted octanol–water partition coefficient (Wildman–Crippen LogP) is 1.93. The normalized spacial score (nSPS) is 11.5. The molecule has 0 saturated heterocycles. The summed E-state index contributed by atoms with van der Waals surface area (Å²) in [5.41, 5.74) is 2.53. The molecule has 0 aromatic heterocycles. The van der Waals surface area contributed by atoms with Gasteiger partial charge in [0.1, 0.15) is 0 Å². The lowest BCUT2D eigenvalue weighted by Crippen LogP contribution is -2.35. The van der Waals surface area contributed by atoms with Crippen LogP contribution in [0.2, 0.25) is 0 Å². The minimum Gasteiger partial charge on any atom is -0.355 e. The van der Waals surface area contributed by atoms with Crippen molar-refractivity contribution in [2.45, 2.75) is 20.3 Å². The topological polar surface area (TPSA) is 41.1 Å². The second-order valence-electron chi connectivity index (χ2n) is 4.49. The van der Waals surface area contributed by atoms with E-state index in [1.54, 1.807) is 0 Å². The van der Waals surface area contributed by atoms with Gasteiger partial charge in [0.15, 0.2) is 0 Å². The molecule has 0 aliphatic rings. The third-order valence-electron chi connectivity index (χ3n) is 2.79. The SMILES string of the molecule is CNCC(C)C(=O)NCCc1ccc(C)cc1.Cl. The maximum atomic E-state index is 11.6. The Morgan fingerprint density at radius 1 is 1.28 bits per heavy atom. The summed E-state index contributed by atoms with van der Waals surface area (Å²) in [6.45, 7) is 5.43. The van der Waals surface area contributed by atoms with E-state index in [2.05, 4.69) is 41.8 Å². The van der Waals surface area contributed by atoms with Crippen molar-refractivity contribution in [3.63, 3.8) is 0 Å². The Kier molecular flexibility index (Phi) is 8.42. The second-order valence-corrected chi connectivity index (χ2v) is 4.49. The van der Waals surface area contributed by atoms with E-state index in [1.165, 1.54) is 11.1 Å². The highest BCUT2D eigenvalue weighted by Gasteiger charge is 2.10. The molecular weight excluding hydrogens is 248 g/mol. The lowest BCUT2D eigenvalue weighted by Gasteiger charge is -2.11. The molecule has 0 saturated carbocycles. The van der Waals surface area contributed by atoms with Crippen molar-refractivity contribution in [2.75, 3.05) is 20.1 Å². The van der Waals surface area contributed by atoms with Gasteiger partial charge in [-0.05, 0) is 26.0 Å². The Bertz CT molecular complexity index is 351. The monoisotopic (exact) mass is 270 g/mol. The minimum absolute atomic E-state index is 0. The van der Waals surface area contributed by atoms with E-state index in [1.807, 2.05) is 14.0 Å². The van der Waals surface area contributed by atoms with E-state index in [9.17, 15) is 4.79 Å². The summed E-state index contributed by atoms with van der Waals surface area (Å²) < 4.78 is 0. The number of amides is 1. The molecule has 0 radical (unpaired) electrons. The summed E-state index contributed by atoms with van der Waals surface area (Å²) in [7, 11) is 1.86. The van der Waals surface area contributed by atoms with Gasteiger partial charge in [-0.25, -0.2) is 0 Å². The molecule has 18 heavy (non-hydrogen) atoms. The van der Waals surface area contributed by atoms with Crippen molar-refractivity contribution in [1.29, 1.82) is 0 Å². The third-order valence-corrected chi connectivity index (χ3v) is 2.79. The van der Waals surface area contributed by atoms with Crippen molar-refractivity contribution in [3.05, 3.63) is 35.4 Å². The molecule has 2 N–H and O–H groups in total. The van der Waals surface area contributed by atoms with Crippen LogP contribution < -0.4 is 10.6 Å². The molecule has 1 aromatic rings. The first-order valence-electron chi connectivity index (χ1n) is 6.11. The van der Waals surface area contributed by atoms with Gasteiger partial charge in [-0.2, -0.15) is 0 Å². The number of nitrogens with one attached hydrogen (secondary N) is 2. The zero-order chi connectivity index (χ0) is 12.7. The summed E-state index contributed by atoms with van der Waals surface area (Å²) in [5.74, 6) is 0.143. The van der Waals surface area contributed by atoms with Crippen molar-refractivity contribution in [1.82, 2.24) is 10.6 Å². The molecule has 1 aromatic carbocycles. The van der Waals surface area contributed by atoms with Crippen LogP contribution in [0.5, 0.6) is 0 Å². The predicted molar refractivity (Wildman–Crippen MR) is 78.2 cm³/mol. The Hall–Kier alpha value is -1.06. The maximum Gasteiger partial charge on any atom is 0.224 e. The van der Waals surface area contributed by atoms with E-state index in [0.29, 0.717) is 6.54 Å². The molecule has 1 unspecified atom stereocenters. The van der Waals surface area contributed by atoms with E-state index in [0.717, 1.165) is 13.0 Å². The second kappa shape index (κ2) is 8.95. The van der Waals surface area contributed by atoms with E-state index >= 15 is 0 Å². The Morgan fingerprint density at radius 2 is 1.89 bits per heavy atom. The van der Waals surface area contributed by atoms with Crippen LogP contribution in [0.25, 0.3) is 0 Å². The smallest absolute Gasteiger partial charge is 0.224 e. The molecule has 1 atom stereocenters. The van der Waals surface area contributed by atoms with Gasteiger partial charge < -0.3 is 10.6 Å². The summed E-state index contributed by atoms with van der Waals surface area (Å²) >= 11 is 0. The molecule has 0 fully saturated rings. The van der Waals surface area contributed by atoms with Crippen molar-refractivity contribution in [3.8, 4) is 0 Å². The number of rotatable bonds is 6. The maximum absolute atomic E-state index is 11.6. The molecule has 0 aliphatic carbocycles. The van der Waals surface area contributed by atoms with Crippen LogP contribution in [0, 0.1) is 12.8 Å². The molecule has 4 heteroatoms. The highest BCUT2D eigenvalue weighted by Crippen LogP contribution is 2.03. The molecule has 0 spiro atoms. The van der Waals surface area contributed by atoms with E-state index in [4.69, 9.17) is 0 Å². The quantitative estimate of drug-likeness (QED) is 0.829. The van der Waals surface area contributed by atoms with Crippen LogP contribution in [-0.2, 0) is 11.2 Å². The zero-order valence-electron chi connectivity index (χ0n) is 11.3. The number of halogens is 1. The van der Waals surface area contributed by atoms with Crippen LogP contribution in [0.15, 0.2) is 24.3 Å². The fraction of sp³-hybridized carbons (Fsp3) is 0.500. The lowest BCUT2D eigenvalue weighted by molar-refractivity contribution is -0.124. The number of hydrogen-bond acceptors (Lipinski definition) is 2. The standard InChI is InChI=1S/C14H22N2O.ClH/c1-11-4-6-13(7-5-11)8-9-16-14(17)12(2)10-15-3;/h4-7,12,15H,8-10H2,1-3H3,(H,16,17);1H. The number of carbonyl (C=O) groups is 1. The Labute approximate surface area is 116 Å². The average molecular weight is 271 g/mol. The number of carbonyl (C=O) groups excluding carboxylic acids is 1. The largest absolute Gasteiger partial charge is 0.355 e. The molecule has 3 nitrogen and oxygen atoms in total. The van der Waals surface area contributed by atoms with Crippen molar-refractivity contribution < 1.29 is 4.79 Å². The van der Waals surface area contributed by atoms with Gasteiger partial charge >= 0.3 is 0 Å². The number of hydrogen-bond donors (Lipinski definition) is 2. The Morgan fingerprint density at radius 3 is 2.44 bits per heavy atom. The summed E-state index contributed by atoms with van der Waals surface area (Å²) in [6.07, 6.45) is 0.887. The highest BCUT2D eigenvalue weighted by molar-refractivity contribution is 5.85. The average Bonchev–Trinajstić information content (AvgIpc) is 2.32. The minimum atomic E-state index is 0. The van der Waals surface area contributed by atoms with Crippen LogP contribution in [0.4, 0.5) is 0 Å². The lowest BCUT2D eigenvalue weighted by atomic mass is 10.1. The first-order valence-corrected chi connectivity index (χ1v) is 6.11. The van der Waals surface area contributed by atoms with Gasteiger partial charge in [-0.1, -0.05) is 36.8 Å². The highest BCUT2D eigenvalue weighted by atomic mass is 35.5. The molecule has 0 aliphatic heterocycles. The molecule has 1 amide bonds. The van der Waals surface area contributed by atoms with Gasteiger partial charge in [0.25, 0.3) is 0 Å². The van der Waals surface area contributed by atoms with Crippen LogP contribution in [0.1, 0.15) is 18.1 Å². The number of benzene rings is 1. The summed E-state index contributed by atoms with van der Waals surface area (Å²) in [6, 6.07) is 8.42. The molecular formula is C14H23ClN2O. The van der Waals surface area contributed by atoms with Crippen molar-refractivity contribution >= 4 is 18.3 Å². The first kappa shape index (κ1) is 16.9. The number of aryl methyl sites for hydroxylation is 1. The molecule has 102 valence electrons. The fourth-order valence-electron chi connectivity index (χ4n) is 1.66.